The number of allylic oxidation sites excluding steroid dienone is 6. The number of halogens is 2. The maximum Gasteiger partial charge on any atom is 0.337 e. The minimum absolute atomic E-state index is 0.245. The molecule has 0 aromatic heterocycles. The number of ketones is 1. The van der Waals surface area contributed by atoms with Crippen LogP contribution in [0.2, 0.25) is 0 Å². The van der Waals surface area contributed by atoms with E-state index < -0.39 is 11.7 Å². The first-order valence-electron chi connectivity index (χ1n) is 12.4. The van der Waals surface area contributed by atoms with Crippen molar-refractivity contribution in [3.05, 3.63) is 48.1 Å². The first-order chi connectivity index (χ1) is 16.7. The first-order valence-corrected chi connectivity index (χ1v) is 12.4. The van der Waals surface area contributed by atoms with Gasteiger partial charge in [0.1, 0.15) is 0 Å². The maximum absolute atomic E-state index is 13.4. The molecule has 0 heterocycles. The average Bonchev–Trinajstić information content (AvgIpc) is 3.18. The summed E-state index contributed by atoms with van der Waals surface area (Å²) in [4.78, 5) is 31.9. The van der Waals surface area contributed by atoms with Crippen LogP contribution in [0.4, 0.5) is 8.78 Å². The zero-order valence-corrected chi connectivity index (χ0v) is 22.3. The van der Waals surface area contributed by atoms with Crippen molar-refractivity contribution in [2.75, 3.05) is 14.2 Å². The topological polar surface area (TPSA) is 69.7 Å². The fourth-order valence-electron chi connectivity index (χ4n) is 3.04. The van der Waals surface area contributed by atoms with Gasteiger partial charge in [-0.2, -0.15) is 8.78 Å². The van der Waals surface area contributed by atoms with E-state index in [9.17, 15) is 23.2 Å². The number of esters is 2. The number of hydrogen-bond donors (Lipinski definition) is 0. The quantitative estimate of drug-likeness (QED) is 0.272. The summed E-state index contributed by atoms with van der Waals surface area (Å²) in [7, 11) is 2.73. The van der Waals surface area contributed by atoms with Crippen LogP contribution in [-0.4, -0.2) is 37.9 Å². The van der Waals surface area contributed by atoms with Crippen LogP contribution in [0, 0.1) is 5.92 Å². The number of carbonyl (C=O) groups excluding carboxylic acids is 3. The largest absolute Gasteiger partial charge is 0.469 e. The molecule has 0 N–H and O–H groups in total. The number of unbranched alkanes of at least 4 members (excludes halogenated alkanes) is 1. The molecule has 0 amide bonds. The highest BCUT2D eigenvalue weighted by Gasteiger charge is 2.35. The lowest BCUT2D eigenvalue weighted by Gasteiger charge is -2.18. The summed E-state index contributed by atoms with van der Waals surface area (Å²) in [6.07, 6.45) is 19.3. The number of carbonyl (C=O) groups is 3. The van der Waals surface area contributed by atoms with Crippen LogP contribution in [0.1, 0.15) is 85.5 Å². The molecule has 0 radical (unpaired) electrons. The van der Waals surface area contributed by atoms with E-state index in [0.717, 1.165) is 38.2 Å². The smallest absolute Gasteiger partial charge is 0.337 e. The molecule has 1 fully saturated rings. The molecule has 0 atom stereocenters. The second-order valence-electron chi connectivity index (χ2n) is 7.80. The van der Waals surface area contributed by atoms with E-state index in [1.54, 1.807) is 12.2 Å². The highest BCUT2D eigenvalue weighted by molar-refractivity contribution is 5.95. The van der Waals surface area contributed by atoms with Crippen LogP contribution in [0.15, 0.2) is 48.1 Å². The molecule has 2 rings (SSSR count). The highest BCUT2D eigenvalue weighted by Crippen LogP contribution is 2.27. The summed E-state index contributed by atoms with van der Waals surface area (Å²) in [5, 5.41) is 0. The van der Waals surface area contributed by atoms with E-state index in [1.807, 2.05) is 45.1 Å². The molecule has 0 aliphatic heterocycles. The Morgan fingerprint density at radius 2 is 1.66 bits per heavy atom. The minimum Gasteiger partial charge on any atom is -0.469 e. The lowest BCUT2D eigenvalue weighted by molar-refractivity contribution is -0.138. The standard InChI is InChI=1S/C14H22F2O.C9H10O2.C3H6O2.C2H6/c1-2-3-11-14(15,16)13(17)10-9-12-7-5-4-6-8-12;1-11-9(10)8-6-4-2-3-5-7-8;1-3(4)5-2;1-2/h9-10,12H,2-8,11H2,1H3;2-4,6-7H,5H2,1H3;1-2H3;1-2H3/b10-9+;;;. The summed E-state index contributed by atoms with van der Waals surface area (Å²) < 4.78 is 35.4. The molecule has 7 heteroatoms. The van der Waals surface area contributed by atoms with Gasteiger partial charge in [0.15, 0.2) is 0 Å². The Morgan fingerprint density at radius 1 is 1.06 bits per heavy atom. The van der Waals surface area contributed by atoms with Crippen molar-refractivity contribution in [3.63, 3.8) is 0 Å². The zero-order valence-electron chi connectivity index (χ0n) is 22.3. The Bertz CT molecular complexity index is 715. The van der Waals surface area contributed by atoms with Gasteiger partial charge < -0.3 is 9.47 Å². The van der Waals surface area contributed by atoms with Gasteiger partial charge in [0.05, 0.1) is 19.8 Å². The van der Waals surface area contributed by atoms with Gasteiger partial charge in [0.25, 0.3) is 0 Å². The van der Waals surface area contributed by atoms with Crippen LogP contribution in [-0.2, 0) is 23.9 Å². The third-order valence-electron chi connectivity index (χ3n) is 5.08. The second-order valence-corrected chi connectivity index (χ2v) is 7.80. The molecule has 0 saturated heterocycles. The molecule has 0 spiro atoms. The Hall–Kier alpha value is -2.57. The van der Waals surface area contributed by atoms with Crippen molar-refractivity contribution >= 4 is 17.7 Å². The van der Waals surface area contributed by atoms with Gasteiger partial charge in [0, 0.05) is 13.3 Å². The molecule has 0 aromatic carbocycles. The number of methoxy groups -OCH3 is 2. The number of ether oxygens (including phenoxy) is 2. The first kappa shape index (κ1) is 34.6. The van der Waals surface area contributed by atoms with Crippen molar-refractivity contribution in [2.24, 2.45) is 5.92 Å². The third kappa shape index (κ3) is 18.4. The van der Waals surface area contributed by atoms with Gasteiger partial charge in [-0.05, 0) is 43.8 Å². The fraction of sp³-hybridized carbons (Fsp3) is 0.607. The highest BCUT2D eigenvalue weighted by atomic mass is 19.3. The van der Waals surface area contributed by atoms with Crippen LogP contribution in [0.5, 0.6) is 0 Å². The van der Waals surface area contributed by atoms with Crippen LogP contribution < -0.4 is 0 Å². The van der Waals surface area contributed by atoms with Crippen molar-refractivity contribution < 1.29 is 32.6 Å². The Labute approximate surface area is 210 Å². The molecule has 1 saturated carbocycles. The SMILES string of the molecule is CC.CCCCC(F)(F)C(=O)/C=C/C1CCCCC1.COC(=O)C1=CCC=CC=C1.COC(C)=O. The summed E-state index contributed by atoms with van der Waals surface area (Å²) in [5.74, 6) is -4.37. The van der Waals surface area contributed by atoms with Crippen molar-refractivity contribution in [1.82, 2.24) is 0 Å². The lowest BCUT2D eigenvalue weighted by Crippen LogP contribution is -2.26. The van der Waals surface area contributed by atoms with Gasteiger partial charge in [-0.25, -0.2) is 4.79 Å². The Kier molecular flexibility index (Phi) is 21.7. The van der Waals surface area contributed by atoms with E-state index in [4.69, 9.17) is 0 Å². The van der Waals surface area contributed by atoms with Crippen LogP contribution in [0.3, 0.4) is 0 Å². The summed E-state index contributed by atoms with van der Waals surface area (Å²) in [5.41, 5.74) is 0.623. The molecule has 0 aromatic rings. The van der Waals surface area contributed by atoms with Gasteiger partial charge in [-0.15, -0.1) is 0 Å². The number of rotatable bonds is 7. The lowest BCUT2D eigenvalue weighted by atomic mass is 9.88. The van der Waals surface area contributed by atoms with Crippen molar-refractivity contribution in [3.8, 4) is 0 Å². The molecule has 35 heavy (non-hydrogen) atoms. The second kappa shape index (κ2) is 21.9. The van der Waals surface area contributed by atoms with Crippen molar-refractivity contribution in [2.45, 2.75) is 91.4 Å². The van der Waals surface area contributed by atoms with E-state index in [0.29, 0.717) is 24.3 Å². The summed E-state index contributed by atoms with van der Waals surface area (Å²) in [6, 6.07) is 0. The minimum atomic E-state index is -3.17. The zero-order chi connectivity index (χ0) is 27.1. The average molecular weight is 499 g/mol. The van der Waals surface area contributed by atoms with Gasteiger partial charge in [-0.3, -0.25) is 9.59 Å². The van der Waals surface area contributed by atoms with E-state index in [1.165, 1.54) is 27.6 Å². The molecule has 200 valence electrons. The summed E-state index contributed by atoms with van der Waals surface area (Å²) >= 11 is 0. The number of hydrogen-bond acceptors (Lipinski definition) is 5. The van der Waals surface area contributed by atoms with Gasteiger partial charge in [-0.1, -0.05) is 76.8 Å². The van der Waals surface area contributed by atoms with Crippen molar-refractivity contribution in [1.29, 1.82) is 0 Å². The predicted molar refractivity (Wildman–Crippen MR) is 137 cm³/mol. The molecule has 2 aliphatic rings. The molecule has 2 aliphatic carbocycles. The fourth-order valence-corrected chi connectivity index (χ4v) is 3.04. The monoisotopic (exact) mass is 498 g/mol. The molecule has 0 unspecified atom stereocenters. The maximum atomic E-state index is 13.4. The molecule has 0 bridgehead atoms. The van der Waals surface area contributed by atoms with Crippen LogP contribution in [0.25, 0.3) is 0 Å². The summed E-state index contributed by atoms with van der Waals surface area (Å²) in [6.45, 7) is 7.21. The van der Waals surface area contributed by atoms with E-state index >= 15 is 0 Å². The Morgan fingerprint density at radius 3 is 2.17 bits per heavy atom. The van der Waals surface area contributed by atoms with Gasteiger partial charge >= 0.3 is 17.9 Å². The predicted octanol–water partition coefficient (Wildman–Crippen LogP) is 7.32. The van der Waals surface area contributed by atoms with E-state index in [2.05, 4.69) is 9.47 Å². The normalized spacial score (nSPS) is 15.1. The molecular weight excluding hydrogens is 454 g/mol. The molecular formula is C28H44F2O5. The number of alkyl halides is 2. The molecule has 5 nitrogen and oxygen atoms in total. The Balaban J connectivity index is 0. The third-order valence-corrected chi connectivity index (χ3v) is 5.08. The van der Waals surface area contributed by atoms with Crippen LogP contribution >= 0.6 is 0 Å². The van der Waals surface area contributed by atoms with Gasteiger partial charge in [0.2, 0.25) is 5.78 Å². The van der Waals surface area contributed by atoms with E-state index in [-0.39, 0.29) is 18.4 Å².